The molecule has 1 N–H and O–H groups in total. The number of hydrogen-bond acceptors (Lipinski definition) is 2. The van der Waals surface area contributed by atoms with Crippen molar-refractivity contribution in [2.45, 2.75) is 25.2 Å². The molecule has 3 heteroatoms. The van der Waals surface area contributed by atoms with Crippen LogP contribution >= 0.6 is 11.8 Å². The standard InChI is InChI=1S/C17H19NOS/c1-3-13-9-5-7-11-15(13)18-17(19)14-10-6-8-12-16(14)20-4-2/h5-12H,3-4H2,1-2H3,(H,18,19). The normalized spacial score (nSPS) is 10.3. The first-order chi connectivity index (χ1) is 9.76. The lowest BCUT2D eigenvalue weighted by Crippen LogP contribution is -2.14. The van der Waals surface area contributed by atoms with Gasteiger partial charge in [-0.05, 0) is 35.9 Å². The number of benzene rings is 2. The Kier molecular flexibility index (Phi) is 5.24. The number of rotatable bonds is 5. The molecule has 1 amide bonds. The Bertz CT molecular complexity index is 595. The zero-order valence-electron chi connectivity index (χ0n) is 11.8. The minimum absolute atomic E-state index is 0.0394. The number of anilines is 1. The largest absolute Gasteiger partial charge is 0.322 e. The first kappa shape index (κ1) is 14.7. The average Bonchev–Trinajstić information content (AvgIpc) is 2.48. The van der Waals surface area contributed by atoms with Gasteiger partial charge in [-0.2, -0.15) is 0 Å². The van der Waals surface area contributed by atoms with E-state index in [1.807, 2.05) is 48.5 Å². The number of amides is 1. The summed E-state index contributed by atoms with van der Waals surface area (Å²) in [6.45, 7) is 4.18. The van der Waals surface area contributed by atoms with Gasteiger partial charge in [0.2, 0.25) is 0 Å². The molecule has 0 aliphatic carbocycles. The maximum atomic E-state index is 12.5. The lowest BCUT2D eigenvalue weighted by atomic mass is 10.1. The van der Waals surface area contributed by atoms with E-state index in [9.17, 15) is 4.79 Å². The van der Waals surface area contributed by atoms with Gasteiger partial charge in [0.15, 0.2) is 0 Å². The molecular weight excluding hydrogens is 266 g/mol. The van der Waals surface area contributed by atoms with E-state index in [-0.39, 0.29) is 5.91 Å². The van der Waals surface area contributed by atoms with E-state index in [4.69, 9.17) is 0 Å². The molecule has 2 nitrogen and oxygen atoms in total. The van der Waals surface area contributed by atoms with Crippen LogP contribution in [0.1, 0.15) is 29.8 Å². The van der Waals surface area contributed by atoms with E-state index in [0.29, 0.717) is 0 Å². The van der Waals surface area contributed by atoms with Crippen LogP contribution in [0.4, 0.5) is 5.69 Å². The molecule has 0 heterocycles. The minimum atomic E-state index is -0.0394. The van der Waals surface area contributed by atoms with E-state index >= 15 is 0 Å². The number of nitrogens with one attached hydrogen (secondary N) is 1. The Balaban J connectivity index is 2.24. The lowest BCUT2D eigenvalue weighted by molar-refractivity contribution is 0.102. The van der Waals surface area contributed by atoms with Gasteiger partial charge in [0.05, 0.1) is 5.56 Å². The molecule has 2 aromatic carbocycles. The molecular formula is C17H19NOS. The summed E-state index contributed by atoms with van der Waals surface area (Å²) >= 11 is 1.69. The second kappa shape index (κ2) is 7.15. The second-order valence-electron chi connectivity index (χ2n) is 4.39. The average molecular weight is 285 g/mol. The topological polar surface area (TPSA) is 29.1 Å². The summed E-state index contributed by atoms with van der Waals surface area (Å²) in [6, 6.07) is 15.7. The Labute approximate surface area is 124 Å². The van der Waals surface area contributed by atoms with Gasteiger partial charge >= 0.3 is 0 Å². The van der Waals surface area contributed by atoms with Crippen LogP contribution in [0.5, 0.6) is 0 Å². The van der Waals surface area contributed by atoms with Crippen LogP contribution in [0.3, 0.4) is 0 Å². The summed E-state index contributed by atoms with van der Waals surface area (Å²) in [7, 11) is 0. The Morgan fingerprint density at radius 1 is 1.05 bits per heavy atom. The Morgan fingerprint density at radius 2 is 1.75 bits per heavy atom. The quantitative estimate of drug-likeness (QED) is 0.813. The van der Waals surface area contributed by atoms with E-state index in [1.165, 1.54) is 0 Å². The third-order valence-electron chi connectivity index (χ3n) is 3.08. The SMILES string of the molecule is CCSc1ccccc1C(=O)Nc1ccccc1CC. The van der Waals surface area contributed by atoms with Crippen molar-refractivity contribution in [3.05, 3.63) is 59.7 Å². The van der Waals surface area contributed by atoms with Gasteiger partial charge in [-0.1, -0.05) is 44.2 Å². The predicted molar refractivity (Wildman–Crippen MR) is 86.6 cm³/mol. The maximum Gasteiger partial charge on any atom is 0.256 e. The fraction of sp³-hybridized carbons (Fsp3) is 0.235. The zero-order chi connectivity index (χ0) is 14.4. The second-order valence-corrected chi connectivity index (χ2v) is 5.70. The van der Waals surface area contributed by atoms with Gasteiger partial charge < -0.3 is 5.32 Å². The van der Waals surface area contributed by atoms with E-state index < -0.39 is 0 Å². The summed E-state index contributed by atoms with van der Waals surface area (Å²) < 4.78 is 0. The fourth-order valence-corrected chi connectivity index (χ4v) is 2.88. The highest BCUT2D eigenvalue weighted by atomic mass is 32.2. The highest BCUT2D eigenvalue weighted by Crippen LogP contribution is 2.24. The van der Waals surface area contributed by atoms with Crippen LogP contribution < -0.4 is 5.32 Å². The van der Waals surface area contributed by atoms with Gasteiger partial charge in [-0.3, -0.25) is 4.79 Å². The van der Waals surface area contributed by atoms with Crippen LogP contribution in [0.15, 0.2) is 53.4 Å². The maximum absolute atomic E-state index is 12.5. The van der Waals surface area contributed by atoms with Crippen LogP contribution in [0, 0.1) is 0 Å². The molecule has 0 unspecified atom stereocenters. The zero-order valence-corrected chi connectivity index (χ0v) is 12.7. The van der Waals surface area contributed by atoms with Gasteiger partial charge in [0, 0.05) is 10.6 Å². The molecule has 0 fully saturated rings. The smallest absolute Gasteiger partial charge is 0.256 e. The summed E-state index contributed by atoms with van der Waals surface area (Å²) in [5, 5.41) is 3.02. The van der Waals surface area contributed by atoms with Crippen LogP contribution in [0.2, 0.25) is 0 Å². The number of carbonyl (C=O) groups is 1. The van der Waals surface area contributed by atoms with Gasteiger partial charge in [0.25, 0.3) is 5.91 Å². The third kappa shape index (κ3) is 3.42. The highest BCUT2D eigenvalue weighted by molar-refractivity contribution is 7.99. The van der Waals surface area contributed by atoms with E-state index in [0.717, 1.165) is 33.9 Å². The summed E-state index contributed by atoms with van der Waals surface area (Å²) in [4.78, 5) is 13.5. The Hall–Kier alpha value is -1.74. The third-order valence-corrected chi connectivity index (χ3v) is 4.03. The molecule has 0 radical (unpaired) electrons. The van der Waals surface area contributed by atoms with Crippen molar-refractivity contribution in [3.63, 3.8) is 0 Å². The number of carbonyl (C=O) groups excluding carboxylic acids is 1. The summed E-state index contributed by atoms with van der Waals surface area (Å²) in [5.74, 6) is 0.915. The van der Waals surface area contributed by atoms with Crippen molar-refractivity contribution >= 4 is 23.4 Å². The number of hydrogen-bond donors (Lipinski definition) is 1. The van der Waals surface area contributed by atoms with Crippen LogP contribution in [-0.4, -0.2) is 11.7 Å². The lowest BCUT2D eigenvalue weighted by Gasteiger charge is -2.12. The molecule has 0 atom stereocenters. The molecule has 2 aromatic rings. The van der Waals surface area contributed by atoms with Crippen molar-refractivity contribution in [1.29, 1.82) is 0 Å². The molecule has 20 heavy (non-hydrogen) atoms. The molecule has 104 valence electrons. The van der Waals surface area contributed by atoms with Crippen molar-refractivity contribution in [2.75, 3.05) is 11.1 Å². The molecule has 2 rings (SSSR count). The first-order valence-corrected chi connectivity index (χ1v) is 7.85. The van der Waals surface area contributed by atoms with E-state index in [2.05, 4.69) is 19.2 Å². The summed E-state index contributed by atoms with van der Waals surface area (Å²) in [5.41, 5.74) is 2.79. The molecule has 0 saturated heterocycles. The predicted octanol–water partition coefficient (Wildman–Crippen LogP) is 4.61. The summed E-state index contributed by atoms with van der Waals surface area (Å²) in [6.07, 6.45) is 0.905. The van der Waals surface area contributed by atoms with Gasteiger partial charge in [-0.15, -0.1) is 11.8 Å². The number of aryl methyl sites for hydroxylation is 1. The Morgan fingerprint density at radius 3 is 2.50 bits per heavy atom. The van der Waals surface area contributed by atoms with Crippen molar-refractivity contribution in [1.82, 2.24) is 0 Å². The van der Waals surface area contributed by atoms with Gasteiger partial charge in [-0.25, -0.2) is 0 Å². The molecule has 0 aromatic heterocycles. The van der Waals surface area contributed by atoms with Crippen molar-refractivity contribution in [3.8, 4) is 0 Å². The highest BCUT2D eigenvalue weighted by Gasteiger charge is 2.12. The molecule has 0 aliphatic heterocycles. The first-order valence-electron chi connectivity index (χ1n) is 6.87. The van der Waals surface area contributed by atoms with Crippen LogP contribution in [0.25, 0.3) is 0 Å². The van der Waals surface area contributed by atoms with Gasteiger partial charge in [0.1, 0.15) is 0 Å². The molecule has 0 spiro atoms. The fourth-order valence-electron chi connectivity index (χ4n) is 2.08. The van der Waals surface area contributed by atoms with Crippen LogP contribution in [-0.2, 0) is 6.42 Å². The molecule has 0 aliphatic rings. The number of para-hydroxylation sites is 1. The number of thioether (sulfide) groups is 1. The molecule has 0 saturated carbocycles. The molecule has 0 bridgehead atoms. The van der Waals surface area contributed by atoms with E-state index in [1.54, 1.807) is 11.8 Å². The van der Waals surface area contributed by atoms with Crippen molar-refractivity contribution in [2.24, 2.45) is 0 Å². The minimum Gasteiger partial charge on any atom is -0.322 e. The van der Waals surface area contributed by atoms with Crippen molar-refractivity contribution < 1.29 is 4.79 Å². The monoisotopic (exact) mass is 285 g/mol.